The van der Waals surface area contributed by atoms with Gasteiger partial charge in [-0.05, 0) is 48.6 Å². The van der Waals surface area contributed by atoms with Crippen LogP contribution < -0.4 is 0 Å². The third-order valence-electron chi connectivity index (χ3n) is 6.63. The average Bonchev–Trinajstić information content (AvgIpc) is 2.73. The molecule has 1 atom stereocenters. The van der Waals surface area contributed by atoms with E-state index < -0.39 is 0 Å². The minimum atomic E-state index is -0.157. The van der Waals surface area contributed by atoms with Crippen molar-refractivity contribution in [2.75, 3.05) is 13.2 Å². The Kier molecular flexibility index (Phi) is 8.21. The SMILES string of the molecule is CCCC[C@H]1CO[C@H](c2ccc(C(C)CCC)cc2C2CCCCC2)OC1. The van der Waals surface area contributed by atoms with Crippen LogP contribution in [-0.4, -0.2) is 13.2 Å². The second kappa shape index (κ2) is 10.6. The molecule has 0 amide bonds. The van der Waals surface area contributed by atoms with E-state index in [4.69, 9.17) is 9.47 Å². The van der Waals surface area contributed by atoms with Crippen molar-refractivity contribution in [2.24, 2.45) is 5.92 Å². The normalized spacial score (nSPS) is 25.4. The summed E-state index contributed by atoms with van der Waals surface area (Å²) >= 11 is 0. The highest BCUT2D eigenvalue weighted by Crippen LogP contribution is 2.40. The third kappa shape index (κ3) is 5.57. The Bertz CT molecular complexity index is 553. The van der Waals surface area contributed by atoms with E-state index in [1.165, 1.54) is 80.9 Å². The Hall–Kier alpha value is -0.860. The van der Waals surface area contributed by atoms with E-state index in [9.17, 15) is 0 Å². The first-order chi connectivity index (χ1) is 13.2. The molecule has 0 bridgehead atoms. The lowest BCUT2D eigenvalue weighted by molar-refractivity contribution is -0.206. The van der Waals surface area contributed by atoms with E-state index in [1.54, 1.807) is 0 Å². The van der Waals surface area contributed by atoms with Crippen molar-refractivity contribution < 1.29 is 9.47 Å². The molecule has 2 heteroatoms. The van der Waals surface area contributed by atoms with Gasteiger partial charge in [-0.2, -0.15) is 0 Å². The minimum Gasteiger partial charge on any atom is -0.348 e. The zero-order valence-corrected chi connectivity index (χ0v) is 17.8. The van der Waals surface area contributed by atoms with Gasteiger partial charge in [-0.3, -0.25) is 0 Å². The largest absolute Gasteiger partial charge is 0.348 e. The van der Waals surface area contributed by atoms with Crippen LogP contribution in [-0.2, 0) is 9.47 Å². The molecule has 0 N–H and O–H groups in total. The molecule has 2 aliphatic rings. The Labute approximate surface area is 167 Å². The number of hydrogen-bond acceptors (Lipinski definition) is 2. The molecule has 27 heavy (non-hydrogen) atoms. The van der Waals surface area contributed by atoms with Gasteiger partial charge in [0.2, 0.25) is 0 Å². The van der Waals surface area contributed by atoms with E-state index >= 15 is 0 Å². The van der Waals surface area contributed by atoms with Crippen LogP contribution in [0.1, 0.15) is 120 Å². The van der Waals surface area contributed by atoms with Gasteiger partial charge in [0.25, 0.3) is 0 Å². The van der Waals surface area contributed by atoms with E-state index in [-0.39, 0.29) is 6.29 Å². The molecule has 1 aromatic carbocycles. The van der Waals surface area contributed by atoms with Gasteiger partial charge in [0.05, 0.1) is 13.2 Å². The summed E-state index contributed by atoms with van der Waals surface area (Å²) < 4.78 is 12.5. The van der Waals surface area contributed by atoms with Crippen LogP contribution in [0.5, 0.6) is 0 Å². The van der Waals surface area contributed by atoms with E-state index in [2.05, 4.69) is 39.0 Å². The molecule has 0 radical (unpaired) electrons. The first kappa shape index (κ1) is 20.9. The molecular weight excluding hydrogens is 332 g/mol. The van der Waals surface area contributed by atoms with Gasteiger partial charge in [0.15, 0.2) is 6.29 Å². The Balaban J connectivity index is 1.77. The van der Waals surface area contributed by atoms with Crippen molar-refractivity contribution in [1.29, 1.82) is 0 Å². The van der Waals surface area contributed by atoms with Crippen LogP contribution in [0.2, 0.25) is 0 Å². The highest BCUT2D eigenvalue weighted by molar-refractivity contribution is 5.37. The predicted molar refractivity (Wildman–Crippen MR) is 113 cm³/mol. The molecule has 1 saturated carbocycles. The maximum Gasteiger partial charge on any atom is 0.184 e. The summed E-state index contributed by atoms with van der Waals surface area (Å²) in [6, 6.07) is 7.15. The quantitative estimate of drug-likeness (QED) is 0.470. The summed E-state index contributed by atoms with van der Waals surface area (Å²) in [6.45, 7) is 8.61. The maximum atomic E-state index is 6.23. The summed E-state index contributed by atoms with van der Waals surface area (Å²) in [6.07, 6.45) is 12.9. The van der Waals surface area contributed by atoms with Gasteiger partial charge in [-0.25, -0.2) is 0 Å². The Morgan fingerprint density at radius 2 is 1.70 bits per heavy atom. The molecule has 1 aliphatic carbocycles. The molecule has 2 nitrogen and oxygen atoms in total. The molecule has 1 aliphatic heterocycles. The van der Waals surface area contributed by atoms with Gasteiger partial charge in [0, 0.05) is 11.5 Å². The van der Waals surface area contributed by atoms with Gasteiger partial charge in [0.1, 0.15) is 0 Å². The topological polar surface area (TPSA) is 18.5 Å². The molecule has 3 rings (SSSR count). The predicted octanol–water partition coefficient (Wildman–Crippen LogP) is 7.49. The van der Waals surface area contributed by atoms with Gasteiger partial charge >= 0.3 is 0 Å². The van der Waals surface area contributed by atoms with Crippen LogP contribution in [0.4, 0.5) is 0 Å². The molecular formula is C25H40O2. The molecule has 2 fully saturated rings. The zero-order chi connectivity index (χ0) is 19.1. The van der Waals surface area contributed by atoms with Crippen LogP contribution in [0.3, 0.4) is 0 Å². The van der Waals surface area contributed by atoms with Crippen molar-refractivity contribution in [3.05, 3.63) is 34.9 Å². The highest BCUT2D eigenvalue weighted by atomic mass is 16.7. The van der Waals surface area contributed by atoms with Crippen molar-refractivity contribution in [2.45, 2.75) is 103 Å². The van der Waals surface area contributed by atoms with Crippen molar-refractivity contribution >= 4 is 0 Å². The zero-order valence-electron chi connectivity index (χ0n) is 17.8. The number of hydrogen-bond donors (Lipinski definition) is 0. The lowest BCUT2D eigenvalue weighted by atomic mass is 9.80. The molecule has 1 aromatic rings. The highest BCUT2D eigenvalue weighted by Gasteiger charge is 2.28. The van der Waals surface area contributed by atoms with Gasteiger partial charge in [-0.1, -0.05) is 77.5 Å². The second-order valence-corrected chi connectivity index (χ2v) is 8.92. The number of rotatable bonds is 8. The Morgan fingerprint density at radius 1 is 0.963 bits per heavy atom. The van der Waals surface area contributed by atoms with E-state index in [0.29, 0.717) is 17.8 Å². The molecule has 152 valence electrons. The fourth-order valence-corrected chi connectivity index (χ4v) is 4.86. The molecule has 1 heterocycles. The summed E-state index contributed by atoms with van der Waals surface area (Å²) in [5, 5.41) is 0. The maximum absolute atomic E-state index is 6.23. The molecule has 0 spiro atoms. The minimum absolute atomic E-state index is 0.157. The first-order valence-corrected chi connectivity index (χ1v) is 11.6. The van der Waals surface area contributed by atoms with Gasteiger partial charge in [-0.15, -0.1) is 0 Å². The smallest absolute Gasteiger partial charge is 0.184 e. The standard InChI is InChI=1S/C25H40O2/c1-4-6-11-20-17-26-25(27-18-20)23-15-14-22(19(3)10-5-2)16-24(23)21-12-8-7-9-13-21/h14-16,19-21,25H,4-13,17-18H2,1-3H3/t19?,20-,25-. The first-order valence-electron chi connectivity index (χ1n) is 11.6. The van der Waals surface area contributed by atoms with Crippen molar-refractivity contribution in [3.63, 3.8) is 0 Å². The lowest BCUT2D eigenvalue weighted by Gasteiger charge is -2.33. The molecule has 0 aromatic heterocycles. The second-order valence-electron chi connectivity index (χ2n) is 8.92. The monoisotopic (exact) mass is 372 g/mol. The van der Waals surface area contributed by atoms with E-state index in [1.807, 2.05) is 0 Å². The van der Waals surface area contributed by atoms with Crippen molar-refractivity contribution in [3.8, 4) is 0 Å². The summed E-state index contributed by atoms with van der Waals surface area (Å²) in [4.78, 5) is 0. The summed E-state index contributed by atoms with van der Waals surface area (Å²) in [5.41, 5.74) is 4.33. The van der Waals surface area contributed by atoms with Crippen LogP contribution >= 0.6 is 0 Å². The van der Waals surface area contributed by atoms with E-state index in [0.717, 1.165) is 13.2 Å². The molecule has 1 saturated heterocycles. The van der Waals surface area contributed by atoms with Gasteiger partial charge < -0.3 is 9.47 Å². The summed E-state index contributed by atoms with van der Waals surface area (Å²) in [5.74, 6) is 1.90. The van der Waals surface area contributed by atoms with Crippen LogP contribution in [0.25, 0.3) is 0 Å². The fraction of sp³-hybridized carbons (Fsp3) is 0.760. The van der Waals surface area contributed by atoms with Crippen LogP contribution in [0, 0.1) is 5.92 Å². The van der Waals surface area contributed by atoms with Crippen molar-refractivity contribution in [1.82, 2.24) is 0 Å². The number of unbranched alkanes of at least 4 members (excludes halogenated alkanes) is 1. The lowest BCUT2D eigenvalue weighted by Crippen LogP contribution is -2.28. The number of ether oxygens (including phenoxy) is 2. The molecule has 1 unspecified atom stereocenters. The fourth-order valence-electron chi connectivity index (χ4n) is 4.86. The average molecular weight is 373 g/mol. The van der Waals surface area contributed by atoms with Crippen LogP contribution in [0.15, 0.2) is 18.2 Å². The third-order valence-corrected chi connectivity index (χ3v) is 6.63. The Morgan fingerprint density at radius 3 is 2.37 bits per heavy atom. The number of benzene rings is 1. The summed E-state index contributed by atoms with van der Waals surface area (Å²) in [7, 11) is 0.